The molecule has 0 saturated carbocycles. The van der Waals surface area contributed by atoms with E-state index in [9.17, 15) is 9.59 Å². The maximum absolute atomic E-state index is 11.5. The molecule has 5 heteroatoms. The second-order valence-corrected chi connectivity index (χ2v) is 4.41. The van der Waals surface area contributed by atoms with Gasteiger partial charge < -0.3 is 0 Å². The zero-order valence-corrected chi connectivity index (χ0v) is 10.7. The van der Waals surface area contributed by atoms with Crippen LogP contribution in [0.15, 0.2) is 22.7 Å². The van der Waals surface area contributed by atoms with Crippen molar-refractivity contribution in [2.45, 2.75) is 6.42 Å². The minimum atomic E-state index is -0.557. The summed E-state index contributed by atoms with van der Waals surface area (Å²) in [5, 5.41) is -0.557. The topological polar surface area (TPSA) is 34.1 Å². The molecule has 0 saturated heterocycles. The van der Waals surface area contributed by atoms with E-state index in [1.165, 1.54) is 6.07 Å². The number of rotatable bonds is 4. The number of benzene rings is 1. The Balaban J connectivity index is 3.01. The maximum atomic E-state index is 11.5. The molecule has 0 unspecified atom stereocenters. The van der Waals surface area contributed by atoms with E-state index in [1.807, 2.05) is 0 Å². The lowest BCUT2D eigenvalue weighted by atomic mass is 10.1. The first-order valence-electron chi connectivity index (χ1n) is 4.15. The van der Waals surface area contributed by atoms with E-state index in [-0.39, 0.29) is 18.1 Å². The second-order valence-electron chi connectivity index (χ2n) is 2.83. The zero-order valence-electron chi connectivity index (χ0n) is 7.60. The standard InChI is InChI=1S/C10H7BrCl2O2/c11-8-5-6(9(14)3-4-12)1-2-7(8)10(13)15/h1-2,5H,3-4H2. The summed E-state index contributed by atoms with van der Waals surface area (Å²) in [6.45, 7) is 0. The Labute approximate surface area is 106 Å². The maximum Gasteiger partial charge on any atom is 0.253 e. The lowest BCUT2D eigenvalue weighted by Gasteiger charge is -2.02. The Morgan fingerprint density at radius 2 is 2.00 bits per heavy atom. The molecule has 0 N–H and O–H groups in total. The van der Waals surface area contributed by atoms with Crippen LogP contribution in [0.1, 0.15) is 27.1 Å². The van der Waals surface area contributed by atoms with Crippen molar-refractivity contribution in [1.82, 2.24) is 0 Å². The highest BCUT2D eigenvalue weighted by Crippen LogP contribution is 2.21. The Hall–Kier alpha value is -0.380. The van der Waals surface area contributed by atoms with Crippen LogP contribution in [0.5, 0.6) is 0 Å². The summed E-state index contributed by atoms with van der Waals surface area (Å²) in [6, 6.07) is 4.65. The monoisotopic (exact) mass is 308 g/mol. The van der Waals surface area contributed by atoms with E-state index in [0.29, 0.717) is 15.6 Å². The van der Waals surface area contributed by atoms with Crippen molar-refractivity contribution in [1.29, 1.82) is 0 Å². The van der Waals surface area contributed by atoms with Crippen LogP contribution in [-0.4, -0.2) is 16.9 Å². The Bertz CT molecular complexity index is 404. The van der Waals surface area contributed by atoms with Gasteiger partial charge >= 0.3 is 0 Å². The fourth-order valence-electron chi connectivity index (χ4n) is 1.08. The highest BCUT2D eigenvalue weighted by Gasteiger charge is 2.11. The summed E-state index contributed by atoms with van der Waals surface area (Å²) in [6.07, 6.45) is 0.280. The van der Waals surface area contributed by atoms with Gasteiger partial charge in [0.25, 0.3) is 5.24 Å². The average molecular weight is 310 g/mol. The van der Waals surface area contributed by atoms with E-state index in [2.05, 4.69) is 15.9 Å². The van der Waals surface area contributed by atoms with Gasteiger partial charge in [0, 0.05) is 27.9 Å². The molecule has 15 heavy (non-hydrogen) atoms. The van der Waals surface area contributed by atoms with Crippen molar-refractivity contribution in [2.75, 3.05) is 5.88 Å². The van der Waals surface area contributed by atoms with E-state index >= 15 is 0 Å². The number of halogens is 3. The first kappa shape index (κ1) is 12.7. The first-order chi connectivity index (χ1) is 7.06. The molecule has 1 rings (SSSR count). The third kappa shape index (κ3) is 3.30. The van der Waals surface area contributed by atoms with Crippen molar-refractivity contribution >= 4 is 50.2 Å². The summed E-state index contributed by atoms with van der Waals surface area (Å²) in [4.78, 5) is 22.4. The number of ketones is 1. The predicted octanol–water partition coefficient (Wildman–Crippen LogP) is 3.64. The van der Waals surface area contributed by atoms with E-state index in [4.69, 9.17) is 23.2 Å². The Kier molecular flexibility index (Phi) is 4.77. The summed E-state index contributed by atoms with van der Waals surface area (Å²) in [5.74, 6) is 0.228. The molecule has 2 nitrogen and oxygen atoms in total. The zero-order chi connectivity index (χ0) is 11.4. The van der Waals surface area contributed by atoms with Crippen molar-refractivity contribution < 1.29 is 9.59 Å². The van der Waals surface area contributed by atoms with Crippen molar-refractivity contribution in [3.8, 4) is 0 Å². The lowest BCUT2D eigenvalue weighted by Crippen LogP contribution is -2.01. The highest BCUT2D eigenvalue weighted by atomic mass is 79.9. The van der Waals surface area contributed by atoms with Crippen LogP contribution in [0.3, 0.4) is 0 Å². The fourth-order valence-corrected chi connectivity index (χ4v) is 2.09. The molecule has 0 aliphatic carbocycles. The molecule has 0 radical (unpaired) electrons. The summed E-state index contributed by atoms with van der Waals surface area (Å²) in [7, 11) is 0. The fraction of sp³-hybridized carbons (Fsp3) is 0.200. The second kappa shape index (κ2) is 5.64. The molecule has 0 heterocycles. The third-order valence-corrected chi connectivity index (χ3v) is 2.87. The van der Waals surface area contributed by atoms with Crippen LogP contribution in [0.2, 0.25) is 0 Å². The van der Waals surface area contributed by atoms with E-state index in [0.717, 1.165) is 0 Å². The molecule has 80 valence electrons. The molecule has 0 fully saturated rings. The van der Waals surface area contributed by atoms with Gasteiger partial charge in [-0.2, -0.15) is 0 Å². The SMILES string of the molecule is O=C(CCCl)c1ccc(C(=O)Cl)c(Br)c1. The molecule has 0 bridgehead atoms. The van der Waals surface area contributed by atoms with E-state index < -0.39 is 5.24 Å². The molecule has 0 aliphatic rings. The molecule has 1 aromatic carbocycles. The number of carbonyl (C=O) groups is 2. The molecule has 0 atom stereocenters. The Morgan fingerprint density at radius 3 is 2.47 bits per heavy atom. The van der Waals surface area contributed by atoms with Crippen LogP contribution in [-0.2, 0) is 0 Å². The van der Waals surface area contributed by atoms with Gasteiger partial charge in [0.1, 0.15) is 0 Å². The van der Waals surface area contributed by atoms with Crippen molar-refractivity contribution in [3.05, 3.63) is 33.8 Å². The molecular weight excluding hydrogens is 303 g/mol. The molecule has 0 spiro atoms. The van der Waals surface area contributed by atoms with E-state index in [1.54, 1.807) is 12.1 Å². The van der Waals surface area contributed by atoms with Gasteiger partial charge in [0.2, 0.25) is 0 Å². The number of carbonyl (C=O) groups excluding carboxylic acids is 2. The minimum Gasteiger partial charge on any atom is -0.294 e. The highest BCUT2D eigenvalue weighted by molar-refractivity contribution is 9.10. The van der Waals surface area contributed by atoms with Crippen molar-refractivity contribution in [2.24, 2.45) is 0 Å². The number of hydrogen-bond donors (Lipinski definition) is 0. The summed E-state index contributed by atoms with van der Waals surface area (Å²) < 4.78 is 0.517. The largest absolute Gasteiger partial charge is 0.294 e. The van der Waals surface area contributed by atoms with Gasteiger partial charge in [-0.3, -0.25) is 9.59 Å². The van der Waals surface area contributed by atoms with Crippen molar-refractivity contribution in [3.63, 3.8) is 0 Å². The third-order valence-electron chi connectivity index (χ3n) is 1.82. The van der Waals surface area contributed by atoms with Crippen LogP contribution < -0.4 is 0 Å². The Morgan fingerprint density at radius 1 is 1.33 bits per heavy atom. The predicted molar refractivity (Wildman–Crippen MR) is 64.0 cm³/mol. The molecule has 0 aliphatic heterocycles. The smallest absolute Gasteiger partial charge is 0.253 e. The summed E-state index contributed by atoms with van der Waals surface area (Å²) >= 11 is 14.0. The average Bonchev–Trinajstić information content (AvgIpc) is 2.17. The van der Waals surface area contributed by atoms with Gasteiger partial charge in [0.05, 0.1) is 0 Å². The molecular formula is C10H7BrCl2O2. The van der Waals surface area contributed by atoms with Gasteiger partial charge in [-0.1, -0.05) is 6.07 Å². The molecule has 1 aromatic rings. The molecule has 0 aromatic heterocycles. The quantitative estimate of drug-likeness (QED) is 0.483. The first-order valence-corrected chi connectivity index (χ1v) is 5.85. The number of alkyl halides is 1. The van der Waals surface area contributed by atoms with Crippen LogP contribution in [0, 0.1) is 0 Å². The normalized spacial score (nSPS) is 10.1. The number of Topliss-reactive ketones (excluding diaryl/α,β-unsaturated/α-hetero) is 1. The van der Waals surface area contributed by atoms with Crippen LogP contribution in [0.25, 0.3) is 0 Å². The summed E-state index contributed by atoms with van der Waals surface area (Å²) in [5.41, 5.74) is 0.864. The van der Waals surface area contributed by atoms with Crippen LogP contribution in [0.4, 0.5) is 0 Å². The van der Waals surface area contributed by atoms with Crippen LogP contribution >= 0.6 is 39.1 Å². The van der Waals surface area contributed by atoms with Gasteiger partial charge in [-0.25, -0.2) is 0 Å². The van der Waals surface area contributed by atoms with Gasteiger partial charge in [-0.05, 0) is 39.7 Å². The number of hydrogen-bond acceptors (Lipinski definition) is 2. The molecule has 0 amide bonds. The minimum absolute atomic E-state index is 0.0562. The van der Waals surface area contributed by atoms with Gasteiger partial charge in [-0.15, -0.1) is 11.6 Å². The van der Waals surface area contributed by atoms with Gasteiger partial charge in [0.15, 0.2) is 5.78 Å². The lowest BCUT2D eigenvalue weighted by molar-refractivity contribution is 0.0987.